The summed E-state index contributed by atoms with van der Waals surface area (Å²) in [6.07, 6.45) is 5.53. The van der Waals surface area contributed by atoms with E-state index >= 15 is 0 Å². The third-order valence-corrected chi connectivity index (χ3v) is 3.90. The molecule has 5 heteroatoms. The van der Waals surface area contributed by atoms with Gasteiger partial charge >= 0.3 is 0 Å². The molecule has 120 valence electrons. The Hall–Kier alpha value is -2.40. The highest BCUT2D eigenvalue weighted by atomic mass is 16.5. The Kier molecular flexibility index (Phi) is 5.21. The van der Waals surface area contributed by atoms with E-state index in [9.17, 15) is 4.79 Å². The van der Waals surface area contributed by atoms with Gasteiger partial charge in [-0.05, 0) is 43.1 Å². The summed E-state index contributed by atoms with van der Waals surface area (Å²) < 4.78 is 5.72. The number of benzene rings is 1. The molecule has 1 aliphatic rings. The van der Waals surface area contributed by atoms with Crippen LogP contribution in [0.1, 0.15) is 24.0 Å². The Balaban J connectivity index is 1.46. The first kappa shape index (κ1) is 15.5. The van der Waals surface area contributed by atoms with Crippen LogP contribution in [0.2, 0.25) is 0 Å². The molecule has 0 bridgehead atoms. The Bertz CT molecular complexity index is 622. The van der Waals surface area contributed by atoms with Crippen LogP contribution in [-0.4, -0.2) is 23.5 Å². The van der Waals surface area contributed by atoms with Crippen molar-refractivity contribution in [2.45, 2.75) is 32.0 Å². The van der Waals surface area contributed by atoms with Crippen molar-refractivity contribution in [2.75, 3.05) is 6.54 Å². The maximum Gasteiger partial charge on any atom is 0.237 e. The lowest BCUT2D eigenvalue weighted by atomic mass is 10.2. The molecule has 2 aromatic rings. The summed E-state index contributed by atoms with van der Waals surface area (Å²) in [5.74, 6) is 0.890. The number of nitrogens with zero attached hydrogens (tertiary/aromatic N) is 1. The number of ether oxygens (including phenoxy) is 1. The average Bonchev–Trinajstić information content (AvgIpc) is 3.14. The van der Waals surface area contributed by atoms with Gasteiger partial charge in [-0.3, -0.25) is 9.78 Å². The van der Waals surface area contributed by atoms with E-state index in [0.717, 1.165) is 36.3 Å². The van der Waals surface area contributed by atoms with Gasteiger partial charge in [0, 0.05) is 24.5 Å². The standard InChI is InChI=1S/C18H21N3O2/c22-18(17-4-2-10-20-17)21-12-14-5-7-16(8-6-14)23-13-15-3-1-9-19-11-15/h1,3,5-9,11,17,20H,2,4,10,12-13H2,(H,21,22)/t17-/m0/s1. The van der Waals surface area contributed by atoms with Gasteiger partial charge in [-0.2, -0.15) is 0 Å². The van der Waals surface area contributed by atoms with Crippen molar-refractivity contribution < 1.29 is 9.53 Å². The Morgan fingerprint density at radius 1 is 1.26 bits per heavy atom. The zero-order valence-corrected chi connectivity index (χ0v) is 13.0. The number of aromatic nitrogens is 1. The van der Waals surface area contributed by atoms with Gasteiger partial charge in [-0.25, -0.2) is 0 Å². The summed E-state index contributed by atoms with van der Waals surface area (Å²) >= 11 is 0. The molecular weight excluding hydrogens is 290 g/mol. The second kappa shape index (κ2) is 7.74. The predicted molar refractivity (Wildman–Crippen MR) is 87.9 cm³/mol. The van der Waals surface area contributed by atoms with Gasteiger partial charge in [0.2, 0.25) is 5.91 Å². The van der Waals surface area contributed by atoms with Gasteiger partial charge in [0.15, 0.2) is 0 Å². The summed E-state index contributed by atoms with van der Waals surface area (Å²) in [5.41, 5.74) is 2.10. The molecule has 1 aromatic heterocycles. The molecule has 1 amide bonds. The number of carbonyl (C=O) groups excluding carboxylic acids is 1. The Labute approximate surface area is 136 Å². The summed E-state index contributed by atoms with van der Waals surface area (Å²) in [6, 6.07) is 11.6. The largest absolute Gasteiger partial charge is 0.489 e. The molecule has 1 atom stereocenters. The lowest BCUT2D eigenvalue weighted by molar-refractivity contribution is -0.122. The normalized spacial score (nSPS) is 17.0. The molecule has 1 fully saturated rings. The van der Waals surface area contributed by atoms with Crippen LogP contribution in [0.15, 0.2) is 48.8 Å². The fraction of sp³-hybridized carbons (Fsp3) is 0.333. The minimum atomic E-state index is -0.0305. The average molecular weight is 311 g/mol. The van der Waals surface area contributed by atoms with E-state index in [4.69, 9.17) is 4.74 Å². The molecule has 1 aromatic carbocycles. The van der Waals surface area contributed by atoms with E-state index in [1.165, 1.54) is 0 Å². The van der Waals surface area contributed by atoms with Crippen molar-refractivity contribution in [1.29, 1.82) is 0 Å². The van der Waals surface area contributed by atoms with Crippen LogP contribution in [0.5, 0.6) is 5.75 Å². The van der Waals surface area contributed by atoms with Crippen LogP contribution in [0.25, 0.3) is 0 Å². The molecule has 0 aliphatic carbocycles. The highest BCUT2D eigenvalue weighted by Crippen LogP contribution is 2.14. The maximum absolute atomic E-state index is 11.9. The van der Waals surface area contributed by atoms with Crippen LogP contribution >= 0.6 is 0 Å². The first-order valence-corrected chi connectivity index (χ1v) is 7.93. The Morgan fingerprint density at radius 2 is 2.13 bits per heavy atom. The molecule has 0 saturated carbocycles. The van der Waals surface area contributed by atoms with Crippen LogP contribution < -0.4 is 15.4 Å². The van der Waals surface area contributed by atoms with Crippen molar-refractivity contribution in [1.82, 2.24) is 15.6 Å². The summed E-state index contributed by atoms with van der Waals surface area (Å²) in [7, 11) is 0. The predicted octanol–water partition coefficient (Wildman–Crippen LogP) is 2.03. The van der Waals surface area contributed by atoms with E-state index in [0.29, 0.717) is 13.2 Å². The summed E-state index contributed by atoms with van der Waals surface area (Å²) in [5, 5.41) is 6.16. The quantitative estimate of drug-likeness (QED) is 0.857. The van der Waals surface area contributed by atoms with Gasteiger partial charge in [0.25, 0.3) is 0 Å². The highest BCUT2D eigenvalue weighted by Gasteiger charge is 2.21. The molecule has 1 saturated heterocycles. The number of hydrogen-bond acceptors (Lipinski definition) is 4. The number of carbonyl (C=O) groups is 1. The van der Waals surface area contributed by atoms with Gasteiger partial charge < -0.3 is 15.4 Å². The Morgan fingerprint density at radius 3 is 2.83 bits per heavy atom. The van der Waals surface area contributed by atoms with E-state index in [1.54, 1.807) is 12.4 Å². The molecule has 2 N–H and O–H groups in total. The third-order valence-electron chi connectivity index (χ3n) is 3.90. The van der Waals surface area contributed by atoms with Crippen molar-refractivity contribution in [3.8, 4) is 5.75 Å². The smallest absolute Gasteiger partial charge is 0.237 e. The van der Waals surface area contributed by atoms with Gasteiger partial charge in [-0.1, -0.05) is 18.2 Å². The number of amides is 1. The van der Waals surface area contributed by atoms with Gasteiger partial charge in [0.05, 0.1) is 6.04 Å². The van der Waals surface area contributed by atoms with Crippen LogP contribution in [0, 0.1) is 0 Å². The minimum Gasteiger partial charge on any atom is -0.489 e. The van der Waals surface area contributed by atoms with Crippen LogP contribution in [0.4, 0.5) is 0 Å². The fourth-order valence-corrected chi connectivity index (χ4v) is 2.57. The first-order valence-electron chi connectivity index (χ1n) is 7.93. The maximum atomic E-state index is 11.9. The number of nitrogens with one attached hydrogen (secondary N) is 2. The molecular formula is C18H21N3O2. The lowest BCUT2D eigenvalue weighted by Gasteiger charge is -2.11. The molecule has 3 rings (SSSR count). The number of pyridine rings is 1. The van der Waals surface area contributed by atoms with Crippen molar-refractivity contribution >= 4 is 5.91 Å². The lowest BCUT2D eigenvalue weighted by Crippen LogP contribution is -2.39. The second-order valence-electron chi connectivity index (χ2n) is 5.66. The van der Waals surface area contributed by atoms with E-state index in [1.807, 2.05) is 36.4 Å². The van der Waals surface area contributed by atoms with Crippen LogP contribution in [-0.2, 0) is 17.9 Å². The van der Waals surface area contributed by atoms with E-state index in [-0.39, 0.29) is 11.9 Å². The number of hydrogen-bond donors (Lipinski definition) is 2. The SMILES string of the molecule is O=C(NCc1ccc(OCc2cccnc2)cc1)[C@@H]1CCCN1. The minimum absolute atomic E-state index is 0.0305. The molecule has 1 aliphatic heterocycles. The monoisotopic (exact) mass is 311 g/mol. The highest BCUT2D eigenvalue weighted by molar-refractivity contribution is 5.81. The summed E-state index contributed by atoms with van der Waals surface area (Å²) in [6.45, 7) is 1.97. The number of rotatable bonds is 6. The van der Waals surface area contributed by atoms with Gasteiger partial charge in [0.1, 0.15) is 12.4 Å². The zero-order chi connectivity index (χ0) is 15.9. The molecule has 0 unspecified atom stereocenters. The van der Waals surface area contributed by atoms with Gasteiger partial charge in [-0.15, -0.1) is 0 Å². The second-order valence-corrected chi connectivity index (χ2v) is 5.66. The molecule has 23 heavy (non-hydrogen) atoms. The fourth-order valence-electron chi connectivity index (χ4n) is 2.57. The topological polar surface area (TPSA) is 63.2 Å². The molecule has 0 radical (unpaired) electrons. The third kappa shape index (κ3) is 4.53. The zero-order valence-electron chi connectivity index (χ0n) is 13.0. The molecule has 2 heterocycles. The van der Waals surface area contributed by atoms with Crippen molar-refractivity contribution in [3.63, 3.8) is 0 Å². The van der Waals surface area contributed by atoms with E-state index in [2.05, 4.69) is 15.6 Å². The first-order chi connectivity index (χ1) is 11.3. The van der Waals surface area contributed by atoms with Crippen molar-refractivity contribution in [2.24, 2.45) is 0 Å². The molecule has 5 nitrogen and oxygen atoms in total. The molecule has 0 spiro atoms. The van der Waals surface area contributed by atoms with E-state index < -0.39 is 0 Å². The van der Waals surface area contributed by atoms with Crippen LogP contribution in [0.3, 0.4) is 0 Å². The summed E-state index contributed by atoms with van der Waals surface area (Å²) in [4.78, 5) is 16.0. The van der Waals surface area contributed by atoms with Crippen molar-refractivity contribution in [3.05, 3.63) is 59.9 Å².